The van der Waals surface area contributed by atoms with E-state index in [0.717, 1.165) is 31.5 Å². The zero-order valence-electron chi connectivity index (χ0n) is 20.2. The molecule has 4 aliphatic rings. The van der Waals surface area contributed by atoms with Crippen molar-refractivity contribution in [2.45, 2.75) is 70.9 Å². The molecule has 34 heavy (non-hydrogen) atoms. The van der Waals surface area contributed by atoms with Gasteiger partial charge in [-0.3, -0.25) is 9.69 Å². The van der Waals surface area contributed by atoms with Gasteiger partial charge in [-0.15, -0.1) is 0 Å². The fourth-order valence-corrected chi connectivity index (χ4v) is 7.37. The molecule has 0 radical (unpaired) electrons. The maximum absolute atomic E-state index is 13.7. The van der Waals surface area contributed by atoms with Crippen LogP contribution in [0.5, 0.6) is 5.75 Å². The quantitative estimate of drug-likeness (QED) is 0.538. The molecule has 3 saturated heterocycles. The molecule has 1 N–H and O–H groups in total. The molecule has 6 nitrogen and oxygen atoms in total. The summed E-state index contributed by atoms with van der Waals surface area (Å²) in [6.45, 7) is 6.66. The molecular formula is C28H34N2O4. The monoisotopic (exact) mass is 462 g/mol. The lowest BCUT2D eigenvalue weighted by Crippen LogP contribution is -2.60. The van der Waals surface area contributed by atoms with Crippen LogP contribution in [0.15, 0.2) is 33.0 Å². The van der Waals surface area contributed by atoms with E-state index in [2.05, 4.69) is 15.9 Å². The Kier molecular flexibility index (Phi) is 5.32. The molecule has 4 atom stereocenters. The van der Waals surface area contributed by atoms with E-state index in [1.165, 1.54) is 37.8 Å². The Morgan fingerprint density at radius 2 is 2.03 bits per heavy atom. The molecule has 1 amide bonds. The Balaban J connectivity index is 1.31. The topological polar surface area (TPSA) is 74.0 Å². The number of aryl methyl sites for hydroxylation is 2. The maximum atomic E-state index is 13.7. The minimum atomic E-state index is -0.478. The second-order valence-electron chi connectivity index (χ2n) is 10.9. The largest absolute Gasteiger partial charge is 0.507 e. The molecule has 3 aliphatic heterocycles. The summed E-state index contributed by atoms with van der Waals surface area (Å²) in [5.74, 6) is 1.19. The van der Waals surface area contributed by atoms with Gasteiger partial charge in [0.2, 0.25) is 5.91 Å². The Labute approximate surface area is 200 Å². The fourth-order valence-electron chi connectivity index (χ4n) is 7.37. The van der Waals surface area contributed by atoms with Gasteiger partial charge in [0.25, 0.3) is 0 Å². The molecule has 0 unspecified atom stereocenters. The van der Waals surface area contributed by atoms with Gasteiger partial charge in [0.1, 0.15) is 11.3 Å². The lowest BCUT2D eigenvalue weighted by atomic mass is 9.68. The SMILES string of the molecule is Cc1cc(O)c2c(C)c(CC(=O)N3CCCC4=C[C@H]5C[C@H](CN6CCCC[C@H]56)[C@@H]43)c(=O)oc2c1. The minimum Gasteiger partial charge on any atom is -0.507 e. The van der Waals surface area contributed by atoms with Crippen molar-refractivity contribution in [1.29, 1.82) is 0 Å². The van der Waals surface area contributed by atoms with Crippen molar-refractivity contribution in [3.8, 4) is 5.75 Å². The highest BCUT2D eigenvalue weighted by molar-refractivity contribution is 5.89. The first-order chi connectivity index (χ1) is 16.4. The summed E-state index contributed by atoms with van der Waals surface area (Å²) >= 11 is 0. The lowest BCUT2D eigenvalue weighted by Gasteiger charge is -2.54. The number of piperidine rings is 3. The predicted octanol–water partition coefficient (Wildman–Crippen LogP) is 4.08. The highest BCUT2D eigenvalue weighted by Crippen LogP contribution is 2.45. The first kappa shape index (κ1) is 21.9. The first-order valence-electron chi connectivity index (χ1n) is 12.9. The van der Waals surface area contributed by atoms with E-state index >= 15 is 0 Å². The predicted molar refractivity (Wildman–Crippen MR) is 131 cm³/mol. The van der Waals surface area contributed by atoms with Gasteiger partial charge in [-0.05, 0) is 87.6 Å². The molecule has 2 bridgehead atoms. The molecule has 6 heteroatoms. The van der Waals surface area contributed by atoms with Crippen LogP contribution in [0, 0.1) is 25.7 Å². The van der Waals surface area contributed by atoms with Gasteiger partial charge in [0.05, 0.1) is 23.4 Å². The highest BCUT2D eigenvalue weighted by Gasteiger charge is 2.46. The molecule has 0 spiro atoms. The number of hydrogen-bond acceptors (Lipinski definition) is 5. The van der Waals surface area contributed by atoms with E-state index in [-0.39, 0.29) is 24.1 Å². The second kappa shape index (κ2) is 8.26. The Hall–Kier alpha value is -2.60. The van der Waals surface area contributed by atoms with E-state index in [4.69, 9.17) is 4.42 Å². The van der Waals surface area contributed by atoms with Gasteiger partial charge < -0.3 is 14.4 Å². The van der Waals surface area contributed by atoms with Gasteiger partial charge in [-0.25, -0.2) is 4.79 Å². The van der Waals surface area contributed by atoms with E-state index in [0.29, 0.717) is 40.0 Å². The number of carbonyl (C=O) groups excluding carboxylic acids is 1. The van der Waals surface area contributed by atoms with Crippen LogP contribution >= 0.6 is 0 Å². The lowest BCUT2D eigenvalue weighted by molar-refractivity contribution is -0.135. The van der Waals surface area contributed by atoms with Crippen LogP contribution in [0.3, 0.4) is 0 Å². The van der Waals surface area contributed by atoms with Crippen molar-refractivity contribution >= 4 is 16.9 Å². The fraction of sp³-hybridized carbons (Fsp3) is 0.571. The molecule has 3 fully saturated rings. The average molecular weight is 463 g/mol. The van der Waals surface area contributed by atoms with Crippen LogP contribution < -0.4 is 5.63 Å². The first-order valence-corrected chi connectivity index (χ1v) is 12.9. The molecule has 1 aliphatic carbocycles. The summed E-state index contributed by atoms with van der Waals surface area (Å²) in [4.78, 5) is 31.3. The molecule has 4 heterocycles. The summed E-state index contributed by atoms with van der Waals surface area (Å²) in [7, 11) is 0. The van der Waals surface area contributed by atoms with Gasteiger partial charge in [-0.2, -0.15) is 0 Å². The maximum Gasteiger partial charge on any atom is 0.340 e. The minimum absolute atomic E-state index is 0.00355. The van der Waals surface area contributed by atoms with Crippen LogP contribution in [0.2, 0.25) is 0 Å². The number of amides is 1. The number of likely N-dealkylation sites (tertiary alicyclic amines) is 1. The van der Waals surface area contributed by atoms with Gasteiger partial charge in [-0.1, -0.05) is 18.1 Å². The summed E-state index contributed by atoms with van der Waals surface area (Å²) < 4.78 is 5.55. The van der Waals surface area contributed by atoms with E-state index in [9.17, 15) is 14.7 Å². The number of benzene rings is 1. The van der Waals surface area contributed by atoms with Gasteiger partial charge >= 0.3 is 5.63 Å². The second-order valence-corrected chi connectivity index (χ2v) is 10.9. The van der Waals surface area contributed by atoms with Crippen molar-refractivity contribution in [2.24, 2.45) is 11.8 Å². The third-order valence-corrected chi connectivity index (χ3v) is 8.81. The smallest absolute Gasteiger partial charge is 0.340 e. The summed E-state index contributed by atoms with van der Waals surface area (Å²) in [6.07, 6.45) is 9.68. The van der Waals surface area contributed by atoms with Crippen molar-refractivity contribution in [3.05, 3.63) is 50.9 Å². The Morgan fingerprint density at radius 1 is 1.18 bits per heavy atom. The number of phenols is 1. The van der Waals surface area contributed by atoms with Crippen LogP contribution in [0.1, 0.15) is 55.2 Å². The number of aromatic hydroxyl groups is 1. The number of phenolic OH excluding ortho intramolecular Hbond substituents is 1. The Morgan fingerprint density at radius 3 is 2.88 bits per heavy atom. The standard InChI is InChI=1S/C28H34N2O4/c1-16-10-23(31)26-17(2)21(28(33)34-24(26)11-16)14-25(32)30-9-5-6-18-12-19-13-20(27(18)30)15-29-8-4-3-7-22(19)29/h10-12,19-20,22,27,31H,3-9,13-15H2,1-2H3/t19-,20+,22+,27+/m0/s1. The van der Waals surface area contributed by atoms with Crippen molar-refractivity contribution in [1.82, 2.24) is 9.80 Å². The third kappa shape index (κ3) is 3.49. The van der Waals surface area contributed by atoms with E-state index in [1.54, 1.807) is 19.1 Å². The highest BCUT2D eigenvalue weighted by atomic mass is 16.4. The Bertz CT molecular complexity index is 1250. The molecule has 0 saturated carbocycles. The molecule has 6 rings (SSSR count). The van der Waals surface area contributed by atoms with Crippen LogP contribution in [-0.2, 0) is 11.2 Å². The van der Waals surface area contributed by atoms with E-state index < -0.39 is 5.63 Å². The molecule has 2 aromatic rings. The van der Waals surface area contributed by atoms with Gasteiger partial charge in [0, 0.05) is 19.1 Å². The summed E-state index contributed by atoms with van der Waals surface area (Å²) in [5.41, 5.74) is 3.16. The number of fused-ring (bicyclic) bond motifs is 7. The van der Waals surface area contributed by atoms with Crippen molar-refractivity contribution in [2.75, 3.05) is 19.6 Å². The average Bonchev–Trinajstić information content (AvgIpc) is 2.80. The van der Waals surface area contributed by atoms with Gasteiger partial charge in [0.15, 0.2) is 0 Å². The zero-order chi connectivity index (χ0) is 23.6. The van der Waals surface area contributed by atoms with Crippen LogP contribution in [0.4, 0.5) is 0 Å². The number of carbonyl (C=O) groups is 1. The van der Waals surface area contributed by atoms with Crippen LogP contribution in [0.25, 0.3) is 11.0 Å². The molecule has 1 aromatic heterocycles. The molecular weight excluding hydrogens is 428 g/mol. The normalized spacial score (nSPS) is 28.9. The van der Waals surface area contributed by atoms with Crippen LogP contribution in [-0.4, -0.2) is 52.5 Å². The third-order valence-electron chi connectivity index (χ3n) is 8.81. The zero-order valence-corrected chi connectivity index (χ0v) is 20.2. The number of nitrogens with zero attached hydrogens (tertiary/aromatic N) is 2. The van der Waals surface area contributed by atoms with Crippen molar-refractivity contribution < 1.29 is 14.3 Å². The van der Waals surface area contributed by atoms with Crippen molar-refractivity contribution in [3.63, 3.8) is 0 Å². The van der Waals surface area contributed by atoms with E-state index in [1.807, 2.05) is 6.92 Å². The molecule has 180 valence electrons. The number of hydrogen-bond donors (Lipinski definition) is 1. The summed E-state index contributed by atoms with van der Waals surface area (Å²) in [6, 6.07) is 4.26. The summed E-state index contributed by atoms with van der Waals surface area (Å²) in [5, 5.41) is 11.0. The molecule has 1 aromatic carbocycles. The number of rotatable bonds is 2.